The lowest BCUT2D eigenvalue weighted by Gasteiger charge is -2.19. The SMILES string of the molecule is CCCCCCCCCCCn1c(C)c(C(N)=O)c(-c2ccc3c(c2)OCCO3)c1CCCC. The molecule has 0 saturated carbocycles. The van der Waals surface area contributed by atoms with Gasteiger partial charge in [0.2, 0.25) is 0 Å². The predicted octanol–water partition coefficient (Wildman–Crippen LogP) is 7.21. The molecule has 0 radical (unpaired) electrons. The monoisotopic (exact) mass is 468 g/mol. The van der Waals surface area contributed by atoms with Gasteiger partial charge in [-0.2, -0.15) is 0 Å². The van der Waals surface area contributed by atoms with Crippen molar-refractivity contribution in [1.29, 1.82) is 0 Å². The first-order chi connectivity index (χ1) is 16.6. The van der Waals surface area contributed by atoms with Crippen LogP contribution >= 0.6 is 0 Å². The lowest BCUT2D eigenvalue weighted by Crippen LogP contribution is -2.15. The molecule has 188 valence electrons. The lowest BCUT2D eigenvalue weighted by atomic mass is 9.97. The molecule has 1 aromatic carbocycles. The first-order valence-electron chi connectivity index (χ1n) is 13.5. The van der Waals surface area contributed by atoms with Crippen LogP contribution in [0.4, 0.5) is 0 Å². The molecule has 3 rings (SSSR count). The minimum Gasteiger partial charge on any atom is -0.486 e. The molecule has 2 N–H and O–H groups in total. The number of carbonyl (C=O) groups is 1. The van der Waals surface area contributed by atoms with E-state index < -0.39 is 0 Å². The number of aromatic nitrogens is 1. The van der Waals surface area contributed by atoms with Crippen molar-refractivity contribution in [3.8, 4) is 22.6 Å². The first-order valence-corrected chi connectivity index (χ1v) is 13.5. The molecule has 1 aromatic heterocycles. The smallest absolute Gasteiger partial charge is 0.251 e. The molecular weight excluding hydrogens is 424 g/mol. The van der Waals surface area contributed by atoms with E-state index in [0.717, 1.165) is 60.5 Å². The minimum absolute atomic E-state index is 0.356. The number of hydrogen-bond donors (Lipinski definition) is 1. The Kier molecular flexibility index (Phi) is 10.4. The zero-order chi connectivity index (χ0) is 24.3. The molecule has 1 aliphatic heterocycles. The zero-order valence-corrected chi connectivity index (χ0v) is 21.6. The first kappa shape index (κ1) is 26.2. The topological polar surface area (TPSA) is 66.5 Å². The second-order valence-electron chi connectivity index (χ2n) is 9.59. The van der Waals surface area contributed by atoms with Crippen LogP contribution < -0.4 is 15.2 Å². The van der Waals surface area contributed by atoms with Crippen LogP contribution in [-0.2, 0) is 13.0 Å². The molecule has 0 atom stereocenters. The number of fused-ring (bicyclic) bond motifs is 1. The molecule has 5 nitrogen and oxygen atoms in total. The van der Waals surface area contributed by atoms with Gasteiger partial charge in [0, 0.05) is 23.5 Å². The number of unbranched alkanes of at least 4 members (excludes halogenated alkanes) is 9. The number of rotatable bonds is 15. The fourth-order valence-electron chi connectivity index (χ4n) is 5.10. The number of primary amides is 1. The van der Waals surface area contributed by atoms with Gasteiger partial charge >= 0.3 is 0 Å². The summed E-state index contributed by atoms with van der Waals surface area (Å²) in [7, 11) is 0. The normalized spacial score (nSPS) is 12.8. The van der Waals surface area contributed by atoms with Gasteiger partial charge < -0.3 is 19.8 Å². The summed E-state index contributed by atoms with van der Waals surface area (Å²) >= 11 is 0. The van der Waals surface area contributed by atoms with Crippen molar-refractivity contribution >= 4 is 5.91 Å². The highest BCUT2D eigenvalue weighted by Gasteiger charge is 2.25. The number of ether oxygens (including phenoxy) is 2. The van der Waals surface area contributed by atoms with Gasteiger partial charge in [0.1, 0.15) is 13.2 Å². The highest BCUT2D eigenvalue weighted by molar-refractivity contribution is 6.02. The fourth-order valence-corrected chi connectivity index (χ4v) is 5.10. The average molecular weight is 469 g/mol. The molecule has 0 saturated heterocycles. The molecule has 0 spiro atoms. The van der Waals surface area contributed by atoms with Gasteiger partial charge in [-0.25, -0.2) is 0 Å². The molecule has 2 aromatic rings. The highest BCUT2D eigenvalue weighted by atomic mass is 16.6. The lowest BCUT2D eigenvalue weighted by molar-refractivity contribution is 0.1000. The maximum atomic E-state index is 12.6. The van der Waals surface area contributed by atoms with Crippen molar-refractivity contribution in [2.24, 2.45) is 5.73 Å². The summed E-state index contributed by atoms with van der Waals surface area (Å²) < 4.78 is 13.9. The van der Waals surface area contributed by atoms with Crippen LogP contribution in [0.5, 0.6) is 11.5 Å². The highest BCUT2D eigenvalue weighted by Crippen LogP contribution is 2.39. The summed E-state index contributed by atoms with van der Waals surface area (Å²) in [5.41, 5.74) is 10.8. The van der Waals surface area contributed by atoms with Gasteiger partial charge in [0.05, 0.1) is 5.56 Å². The van der Waals surface area contributed by atoms with E-state index in [1.54, 1.807) is 0 Å². The zero-order valence-electron chi connectivity index (χ0n) is 21.6. The molecule has 5 heteroatoms. The maximum absolute atomic E-state index is 12.6. The molecule has 0 aliphatic carbocycles. The molecule has 1 amide bonds. The van der Waals surface area contributed by atoms with Gasteiger partial charge in [0.15, 0.2) is 11.5 Å². The number of carbonyl (C=O) groups excluding carboxylic acids is 1. The van der Waals surface area contributed by atoms with Gasteiger partial charge in [-0.05, 0) is 43.9 Å². The van der Waals surface area contributed by atoms with Gasteiger partial charge in [-0.3, -0.25) is 4.79 Å². The largest absolute Gasteiger partial charge is 0.486 e. The molecule has 34 heavy (non-hydrogen) atoms. The van der Waals surface area contributed by atoms with Crippen LogP contribution in [0.1, 0.15) is 106 Å². The van der Waals surface area contributed by atoms with E-state index in [4.69, 9.17) is 15.2 Å². The molecular formula is C29H44N2O3. The van der Waals surface area contributed by atoms with Crippen LogP contribution in [0.15, 0.2) is 18.2 Å². The number of benzene rings is 1. The number of amides is 1. The summed E-state index contributed by atoms with van der Waals surface area (Å²) in [6.45, 7) is 8.56. The number of hydrogen-bond acceptors (Lipinski definition) is 3. The van der Waals surface area contributed by atoms with Crippen molar-refractivity contribution in [1.82, 2.24) is 4.57 Å². The van der Waals surface area contributed by atoms with E-state index in [1.807, 2.05) is 25.1 Å². The van der Waals surface area contributed by atoms with Crippen molar-refractivity contribution in [2.45, 2.75) is 104 Å². The summed E-state index contributed by atoms with van der Waals surface area (Å²) in [5, 5.41) is 0. The maximum Gasteiger partial charge on any atom is 0.251 e. The molecule has 1 aliphatic rings. The van der Waals surface area contributed by atoms with Crippen molar-refractivity contribution in [3.05, 3.63) is 35.2 Å². The van der Waals surface area contributed by atoms with Crippen LogP contribution in [0.3, 0.4) is 0 Å². The van der Waals surface area contributed by atoms with E-state index in [9.17, 15) is 4.79 Å². The Hall–Kier alpha value is -2.43. The Bertz CT molecular complexity index is 932. The third kappa shape index (κ3) is 6.58. The van der Waals surface area contributed by atoms with E-state index >= 15 is 0 Å². The predicted molar refractivity (Wildman–Crippen MR) is 140 cm³/mol. The minimum atomic E-state index is -0.356. The van der Waals surface area contributed by atoms with E-state index in [-0.39, 0.29) is 5.91 Å². The summed E-state index contributed by atoms with van der Waals surface area (Å²) in [4.78, 5) is 12.6. The van der Waals surface area contributed by atoms with Gasteiger partial charge in [-0.15, -0.1) is 0 Å². The van der Waals surface area contributed by atoms with Crippen LogP contribution in [0.2, 0.25) is 0 Å². The molecule has 2 heterocycles. The van der Waals surface area contributed by atoms with Crippen molar-refractivity contribution in [3.63, 3.8) is 0 Å². The third-order valence-electron chi connectivity index (χ3n) is 6.96. The Morgan fingerprint density at radius 3 is 2.15 bits per heavy atom. The average Bonchev–Trinajstić information content (AvgIpc) is 3.12. The Labute approximate surface area is 206 Å². The molecule has 0 bridgehead atoms. The number of nitrogens with two attached hydrogens (primary N) is 1. The van der Waals surface area contributed by atoms with Crippen molar-refractivity contribution < 1.29 is 14.3 Å². The summed E-state index contributed by atoms with van der Waals surface area (Å²) in [6.07, 6.45) is 14.8. The summed E-state index contributed by atoms with van der Waals surface area (Å²) in [6, 6.07) is 5.99. The van der Waals surface area contributed by atoms with E-state index in [2.05, 4.69) is 18.4 Å². The molecule has 0 fully saturated rings. The van der Waals surface area contributed by atoms with Crippen molar-refractivity contribution in [2.75, 3.05) is 13.2 Å². The second-order valence-corrected chi connectivity index (χ2v) is 9.59. The second kappa shape index (κ2) is 13.5. The van der Waals surface area contributed by atoms with E-state index in [1.165, 1.54) is 57.1 Å². The van der Waals surface area contributed by atoms with Crippen LogP contribution in [-0.4, -0.2) is 23.7 Å². The van der Waals surface area contributed by atoms with E-state index in [0.29, 0.717) is 18.8 Å². The number of nitrogens with zero attached hydrogens (tertiary/aromatic N) is 1. The Morgan fingerprint density at radius 2 is 1.50 bits per heavy atom. The standard InChI is InChI=1S/C29H44N2O3/c1-4-6-8-9-10-11-12-13-14-18-31-22(3)27(29(30)32)28(24(31)15-7-5-2)23-16-17-25-26(21-23)34-20-19-33-25/h16-17,21H,4-15,18-20H2,1-3H3,(H2,30,32). The van der Waals surface area contributed by atoms with Gasteiger partial charge in [-0.1, -0.05) is 77.7 Å². The van der Waals surface area contributed by atoms with Gasteiger partial charge in [0.25, 0.3) is 5.91 Å². The fraction of sp³-hybridized carbons (Fsp3) is 0.621. The van der Waals surface area contributed by atoms with Crippen LogP contribution in [0.25, 0.3) is 11.1 Å². The Morgan fingerprint density at radius 1 is 0.882 bits per heavy atom. The summed E-state index contributed by atoms with van der Waals surface area (Å²) in [5.74, 6) is 1.15. The quantitative estimate of drug-likeness (QED) is 0.281. The Balaban J connectivity index is 1.79. The van der Waals surface area contributed by atoms with Crippen LogP contribution in [0, 0.1) is 6.92 Å². The third-order valence-corrected chi connectivity index (χ3v) is 6.96. The molecule has 0 unspecified atom stereocenters.